The Kier molecular flexibility index (Phi) is 5.15. The van der Waals surface area contributed by atoms with E-state index in [1.807, 2.05) is 0 Å². The Hall–Kier alpha value is -0.950. The van der Waals surface area contributed by atoms with Gasteiger partial charge in [0.15, 0.2) is 9.84 Å². The normalized spacial score (nSPS) is 18.9. The van der Waals surface area contributed by atoms with E-state index in [-0.39, 0.29) is 4.90 Å². The number of hydrogen-bond donors (Lipinski definition) is 2. The average Bonchev–Trinajstić information content (AvgIpc) is 2.45. The van der Waals surface area contributed by atoms with Crippen LogP contribution in [0.25, 0.3) is 0 Å². The van der Waals surface area contributed by atoms with Gasteiger partial charge in [0, 0.05) is 32.1 Å². The number of aliphatic hydroxyl groups is 1. The molecule has 0 radical (unpaired) electrons. The summed E-state index contributed by atoms with van der Waals surface area (Å²) in [6, 6.07) is 6.76. The molecular weight excluding hydrogens is 278 g/mol. The van der Waals surface area contributed by atoms with Crippen LogP contribution in [0.3, 0.4) is 0 Å². The van der Waals surface area contributed by atoms with Crippen molar-refractivity contribution in [2.24, 2.45) is 0 Å². The van der Waals surface area contributed by atoms with Crippen LogP contribution in [0, 0.1) is 0 Å². The largest absolute Gasteiger partial charge is 0.387 e. The Morgan fingerprint density at radius 1 is 1.30 bits per heavy atom. The van der Waals surface area contributed by atoms with Gasteiger partial charge in [-0.1, -0.05) is 12.1 Å². The Morgan fingerprint density at radius 3 is 2.45 bits per heavy atom. The van der Waals surface area contributed by atoms with Gasteiger partial charge in [-0.3, -0.25) is 0 Å². The molecule has 1 atom stereocenters. The molecule has 1 unspecified atom stereocenters. The molecule has 2 rings (SSSR count). The standard InChI is InChI=1S/C14H21NO4S/c1-20(17,18)13-4-2-11(3-5-13)14(16)10-15-12-6-8-19-9-7-12/h2-5,12,14-16H,6-10H2,1H3. The number of ether oxygens (including phenoxy) is 1. The molecule has 0 spiro atoms. The van der Waals surface area contributed by atoms with Crippen molar-refractivity contribution in [3.63, 3.8) is 0 Å². The molecule has 0 bridgehead atoms. The molecule has 1 aromatic carbocycles. The fraction of sp³-hybridized carbons (Fsp3) is 0.571. The highest BCUT2D eigenvalue weighted by atomic mass is 32.2. The van der Waals surface area contributed by atoms with Crippen LogP contribution < -0.4 is 5.32 Å². The lowest BCUT2D eigenvalue weighted by Crippen LogP contribution is -2.37. The number of nitrogens with one attached hydrogen (secondary N) is 1. The van der Waals surface area contributed by atoms with Crippen LogP contribution in [0.1, 0.15) is 24.5 Å². The molecule has 2 N–H and O–H groups in total. The van der Waals surface area contributed by atoms with E-state index >= 15 is 0 Å². The molecule has 1 saturated heterocycles. The third-order valence-electron chi connectivity index (χ3n) is 3.51. The van der Waals surface area contributed by atoms with Crippen molar-refractivity contribution in [3.05, 3.63) is 29.8 Å². The zero-order valence-corrected chi connectivity index (χ0v) is 12.4. The first-order chi connectivity index (χ1) is 9.47. The summed E-state index contributed by atoms with van der Waals surface area (Å²) in [6.07, 6.45) is 2.45. The van der Waals surface area contributed by atoms with Crippen molar-refractivity contribution >= 4 is 9.84 Å². The summed E-state index contributed by atoms with van der Waals surface area (Å²) in [5, 5.41) is 13.4. The van der Waals surface area contributed by atoms with Gasteiger partial charge in [-0.15, -0.1) is 0 Å². The third kappa shape index (κ3) is 4.28. The van der Waals surface area contributed by atoms with E-state index in [9.17, 15) is 13.5 Å². The summed E-state index contributed by atoms with van der Waals surface area (Å²) in [4.78, 5) is 0.269. The maximum Gasteiger partial charge on any atom is 0.175 e. The summed E-state index contributed by atoms with van der Waals surface area (Å²) < 4.78 is 28.0. The van der Waals surface area contributed by atoms with Crippen LogP contribution in [0.5, 0.6) is 0 Å². The third-order valence-corrected chi connectivity index (χ3v) is 4.64. The van der Waals surface area contributed by atoms with Crippen molar-refractivity contribution in [1.29, 1.82) is 0 Å². The van der Waals surface area contributed by atoms with E-state index in [4.69, 9.17) is 4.74 Å². The maximum atomic E-state index is 11.4. The number of hydrogen-bond acceptors (Lipinski definition) is 5. The van der Waals surface area contributed by atoms with Crippen molar-refractivity contribution in [2.45, 2.75) is 29.9 Å². The van der Waals surface area contributed by atoms with Gasteiger partial charge in [0.05, 0.1) is 11.0 Å². The molecule has 0 amide bonds. The minimum atomic E-state index is -3.19. The molecule has 1 aliphatic rings. The lowest BCUT2D eigenvalue weighted by molar-refractivity contribution is 0.0724. The van der Waals surface area contributed by atoms with E-state index < -0.39 is 15.9 Å². The van der Waals surface area contributed by atoms with Crippen molar-refractivity contribution < 1.29 is 18.3 Å². The zero-order chi connectivity index (χ0) is 14.6. The monoisotopic (exact) mass is 299 g/mol. The van der Waals surface area contributed by atoms with E-state index in [0.717, 1.165) is 31.6 Å². The van der Waals surface area contributed by atoms with E-state index in [0.29, 0.717) is 12.6 Å². The molecule has 0 saturated carbocycles. The van der Waals surface area contributed by atoms with Gasteiger partial charge in [-0.2, -0.15) is 0 Å². The van der Waals surface area contributed by atoms with Crippen LogP contribution in [0.2, 0.25) is 0 Å². The Balaban J connectivity index is 1.90. The Bertz CT molecular complexity index is 521. The summed E-state index contributed by atoms with van der Waals surface area (Å²) in [6.45, 7) is 1.98. The first-order valence-electron chi connectivity index (χ1n) is 6.76. The summed E-state index contributed by atoms with van der Waals surface area (Å²) in [7, 11) is -3.19. The summed E-state index contributed by atoms with van der Waals surface area (Å²) in [5.41, 5.74) is 0.719. The van der Waals surface area contributed by atoms with Crippen LogP contribution >= 0.6 is 0 Å². The quantitative estimate of drug-likeness (QED) is 0.844. The van der Waals surface area contributed by atoms with Gasteiger partial charge in [-0.25, -0.2) is 8.42 Å². The predicted molar refractivity (Wildman–Crippen MR) is 76.4 cm³/mol. The van der Waals surface area contributed by atoms with Crippen molar-refractivity contribution in [2.75, 3.05) is 26.0 Å². The van der Waals surface area contributed by atoms with E-state index in [1.165, 1.54) is 18.4 Å². The SMILES string of the molecule is CS(=O)(=O)c1ccc(C(O)CNC2CCOCC2)cc1. The molecule has 112 valence electrons. The van der Waals surface area contributed by atoms with Gasteiger partial charge in [-0.05, 0) is 30.5 Å². The molecule has 20 heavy (non-hydrogen) atoms. The highest BCUT2D eigenvalue weighted by molar-refractivity contribution is 7.90. The van der Waals surface area contributed by atoms with Crippen LogP contribution in [0.15, 0.2) is 29.2 Å². The molecule has 6 heteroatoms. The molecule has 0 aromatic heterocycles. The van der Waals surface area contributed by atoms with Gasteiger partial charge >= 0.3 is 0 Å². The van der Waals surface area contributed by atoms with Gasteiger partial charge in [0.1, 0.15) is 0 Å². The lowest BCUT2D eigenvalue weighted by atomic mass is 10.1. The van der Waals surface area contributed by atoms with E-state index in [2.05, 4.69) is 5.32 Å². The minimum absolute atomic E-state index is 0.269. The molecule has 5 nitrogen and oxygen atoms in total. The molecule has 1 aromatic rings. The zero-order valence-electron chi connectivity index (χ0n) is 11.6. The van der Waals surface area contributed by atoms with Crippen molar-refractivity contribution in [3.8, 4) is 0 Å². The molecule has 0 aliphatic carbocycles. The smallest absolute Gasteiger partial charge is 0.175 e. The predicted octanol–water partition coefficient (Wildman–Crippen LogP) is 0.892. The number of rotatable bonds is 5. The topological polar surface area (TPSA) is 75.6 Å². The number of benzene rings is 1. The highest BCUT2D eigenvalue weighted by Gasteiger charge is 2.16. The summed E-state index contributed by atoms with van der Waals surface area (Å²) in [5.74, 6) is 0. The van der Waals surface area contributed by atoms with Crippen LogP contribution in [0.4, 0.5) is 0 Å². The fourth-order valence-corrected chi connectivity index (χ4v) is 2.87. The second-order valence-electron chi connectivity index (χ2n) is 5.15. The first kappa shape index (κ1) is 15.4. The highest BCUT2D eigenvalue weighted by Crippen LogP contribution is 2.16. The fourth-order valence-electron chi connectivity index (χ4n) is 2.24. The maximum absolute atomic E-state index is 11.4. The summed E-state index contributed by atoms with van der Waals surface area (Å²) >= 11 is 0. The lowest BCUT2D eigenvalue weighted by Gasteiger charge is -2.24. The molecule has 1 aliphatic heterocycles. The second kappa shape index (κ2) is 6.67. The number of sulfone groups is 1. The molecule has 1 fully saturated rings. The van der Waals surface area contributed by atoms with E-state index in [1.54, 1.807) is 12.1 Å². The van der Waals surface area contributed by atoms with Crippen molar-refractivity contribution in [1.82, 2.24) is 5.32 Å². The van der Waals surface area contributed by atoms with Gasteiger partial charge in [0.2, 0.25) is 0 Å². The van der Waals surface area contributed by atoms with Gasteiger partial charge < -0.3 is 15.2 Å². The van der Waals surface area contributed by atoms with Gasteiger partial charge in [0.25, 0.3) is 0 Å². The van der Waals surface area contributed by atoms with Crippen LogP contribution in [-0.2, 0) is 14.6 Å². The number of aliphatic hydroxyl groups excluding tert-OH is 1. The first-order valence-corrected chi connectivity index (χ1v) is 8.65. The van der Waals surface area contributed by atoms with Crippen LogP contribution in [-0.4, -0.2) is 45.6 Å². The Morgan fingerprint density at radius 2 is 1.90 bits per heavy atom. The molecule has 1 heterocycles. The molecular formula is C14H21NO4S. The Labute approximate surface area is 119 Å². The second-order valence-corrected chi connectivity index (χ2v) is 7.17. The minimum Gasteiger partial charge on any atom is -0.387 e. The average molecular weight is 299 g/mol.